The van der Waals surface area contributed by atoms with Gasteiger partial charge < -0.3 is 14.2 Å². The van der Waals surface area contributed by atoms with Gasteiger partial charge in [0.1, 0.15) is 5.75 Å². The largest absolute Gasteiger partial charge is 0.497 e. The average molecular weight is 425 g/mol. The van der Waals surface area contributed by atoms with Crippen LogP contribution in [-0.4, -0.2) is 32.9 Å². The van der Waals surface area contributed by atoms with E-state index >= 15 is 0 Å². The first-order valence-corrected chi connectivity index (χ1v) is 9.57. The van der Waals surface area contributed by atoms with E-state index in [0.29, 0.717) is 44.5 Å². The summed E-state index contributed by atoms with van der Waals surface area (Å²) < 4.78 is 15.9. The van der Waals surface area contributed by atoms with Crippen molar-refractivity contribution in [1.29, 1.82) is 0 Å². The number of ketones is 2. The van der Waals surface area contributed by atoms with E-state index in [9.17, 15) is 9.59 Å². The molecule has 0 amide bonds. The summed E-state index contributed by atoms with van der Waals surface area (Å²) in [4.78, 5) is 26.1. The summed E-state index contributed by atoms with van der Waals surface area (Å²) in [5, 5.41) is 0.338. The normalized spacial score (nSPS) is 10.4. The number of benzene rings is 3. The van der Waals surface area contributed by atoms with Crippen LogP contribution in [0.25, 0.3) is 0 Å². The molecule has 0 heterocycles. The third kappa shape index (κ3) is 4.47. The Hall–Kier alpha value is -3.31. The monoisotopic (exact) mass is 424 g/mol. The summed E-state index contributed by atoms with van der Waals surface area (Å²) in [5.74, 6) is 1.06. The van der Waals surface area contributed by atoms with Crippen LogP contribution in [0.1, 0.15) is 31.8 Å². The van der Waals surface area contributed by atoms with E-state index in [1.807, 2.05) is 0 Å². The fraction of sp³-hybridized carbons (Fsp3) is 0.167. The standard InChI is InChI=1S/C24H21ClO5/c1-28-17-10-8-15(9-11-17)21(26)12-16-13-22(29-2)23(30-3)14-19(16)24(27)18-6-4-5-7-20(18)25/h4-11,13-14H,12H2,1-3H3. The molecule has 0 fully saturated rings. The number of ether oxygens (including phenoxy) is 3. The number of hydrogen-bond acceptors (Lipinski definition) is 5. The second kappa shape index (κ2) is 9.46. The maximum absolute atomic E-state index is 13.2. The summed E-state index contributed by atoms with van der Waals surface area (Å²) in [6.07, 6.45) is 0.0121. The highest BCUT2D eigenvalue weighted by Crippen LogP contribution is 2.33. The SMILES string of the molecule is COc1ccc(C(=O)Cc2cc(OC)c(OC)cc2C(=O)c2ccccc2Cl)cc1. The van der Waals surface area contributed by atoms with Gasteiger partial charge in [0.2, 0.25) is 0 Å². The van der Waals surface area contributed by atoms with Gasteiger partial charge in [-0.3, -0.25) is 9.59 Å². The van der Waals surface area contributed by atoms with Crippen LogP contribution in [0.5, 0.6) is 17.2 Å². The molecule has 3 rings (SSSR count). The Morgan fingerprint density at radius 1 is 0.800 bits per heavy atom. The summed E-state index contributed by atoms with van der Waals surface area (Å²) in [7, 11) is 4.55. The summed E-state index contributed by atoms with van der Waals surface area (Å²) in [5.41, 5.74) is 1.73. The van der Waals surface area contributed by atoms with Crippen LogP contribution >= 0.6 is 11.6 Å². The summed E-state index contributed by atoms with van der Waals surface area (Å²) in [6, 6.07) is 16.9. The number of halogens is 1. The number of carbonyl (C=O) groups is 2. The molecule has 0 aliphatic carbocycles. The quantitative estimate of drug-likeness (QED) is 0.475. The first-order valence-electron chi connectivity index (χ1n) is 9.19. The van der Waals surface area contributed by atoms with Crippen LogP contribution in [0, 0.1) is 0 Å². The Morgan fingerprint density at radius 3 is 2.03 bits per heavy atom. The van der Waals surface area contributed by atoms with Gasteiger partial charge >= 0.3 is 0 Å². The topological polar surface area (TPSA) is 61.8 Å². The lowest BCUT2D eigenvalue weighted by atomic mass is 9.93. The smallest absolute Gasteiger partial charge is 0.194 e. The molecule has 0 saturated carbocycles. The zero-order chi connectivity index (χ0) is 21.7. The van der Waals surface area contributed by atoms with Crippen LogP contribution in [-0.2, 0) is 6.42 Å². The Morgan fingerprint density at radius 2 is 1.43 bits per heavy atom. The predicted octanol–water partition coefficient (Wildman–Crippen LogP) is 5.02. The molecule has 0 aliphatic heterocycles. The van der Waals surface area contributed by atoms with Crippen LogP contribution < -0.4 is 14.2 Å². The molecule has 5 nitrogen and oxygen atoms in total. The van der Waals surface area contributed by atoms with E-state index < -0.39 is 0 Å². The van der Waals surface area contributed by atoms with Gasteiger partial charge in [0.05, 0.1) is 26.4 Å². The number of methoxy groups -OCH3 is 3. The minimum atomic E-state index is -0.293. The molecular formula is C24H21ClO5. The van der Waals surface area contributed by atoms with E-state index in [1.54, 1.807) is 67.8 Å². The first-order chi connectivity index (χ1) is 14.5. The van der Waals surface area contributed by atoms with Crippen molar-refractivity contribution in [2.75, 3.05) is 21.3 Å². The van der Waals surface area contributed by atoms with Gasteiger partial charge in [0.25, 0.3) is 0 Å². The molecular weight excluding hydrogens is 404 g/mol. The van der Waals surface area contributed by atoms with Crippen LogP contribution in [0.15, 0.2) is 60.7 Å². The highest BCUT2D eigenvalue weighted by atomic mass is 35.5. The molecule has 0 aliphatic rings. The molecule has 0 N–H and O–H groups in total. The van der Waals surface area contributed by atoms with Crippen molar-refractivity contribution in [2.24, 2.45) is 0 Å². The minimum absolute atomic E-state index is 0.0121. The van der Waals surface area contributed by atoms with Crippen molar-refractivity contribution in [2.45, 2.75) is 6.42 Å². The molecule has 0 unspecified atom stereocenters. The number of Topliss-reactive ketones (excluding diaryl/α,β-unsaturated/α-hetero) is 1. The maximum atomic E-state index is 13.2. The van der Waals surface area contributed by atoms with E-state index in [0.717, 1.165) is 0 Å². The fourth-order valence-electron chi connectivity index (χ4n) is 3.12. The summed E-state index contributed by atoms with van der Waals surface area (Å²) >= 11 is 6.23. The van der Waals surface area contributed by atoms with Crippen molar-refractivity contribution in [1.82, 2.24) is 0 Å². The zero-order valence-electron chi connectivity index (χ0n) is 16.9. The highest BCUT2D eigenvalue weighted by Gasteiger charge is 2.22. The zero-order valence-corrected chi connectivity index (χ0v) is 17.7. The molecule has 6 heteroatoms. The van der Waals surface area contributed by atoms with Gasteiger partial charge in [-0.15, -0.1) is 0 Å². The average Bonchev–Trinajstić information content (AvgIpc) is 2.78. The molecule has 0 radical (unpaired) electrons. The number of rotatable bonds is 8. The van der Waals surface area contributed by atoms with E-state index in [4.69, 9.17) is 25.8 Å². The second-order valence-electron chi connectivity index (χ2n) is 6.50. The van der Waals surface area contributed by atoms with Gasteiger partial charge in [-0.05, 0) is 54.1 Å². The minimum Gasteiger partial charge on any atom is -0.497 e. The third-order valence-electron chi connectivity index (χ3n) is 4.74. The highest BCUT2D eigenvalue weighted by molar-refractivity contribution is 6.35. The Kier molecular flexibility index (Phi) is 6.75. The maximum Gasteiger partial charge on any atom is 0.194 e. The number of hydrogen-bond donors (Lipinski definition) is 0. The lowest BCUT2D eigenvalue weighted by Crippen LogP contribution is -2.12. The molecule has 3 aromatic rings. The van der Waals surface area contributed by atoms with Crippen molar-refractivity contribution in [3.8, 4) is 17.2 Å². The van der Waals surface area contributed by atoms with E-state index in [-0.39, 0.29) is 18.0 Å². The predicted molar refractivity (Wildman–Crippen MR) is 115 cm³/mol. The Balaban J connectivity index is 2.04. The third-order valence-corrected chi connectivity index (χ3v) is 5.07. The van der Waals surface area contributed by atoms with Crippen molar-refractivity contribution in [3.05, 3.63) is 87.9 Å². The molecule has 0 saturated heterocycles. The Labute approximate surface area is 180 Å². The molecule has 3 aromatic carbocycles. The molecule has 0 spiro atoms. The molecule has 0 aromatic heterocycles. The van der Waals surface area contributed by atoms with Crippen LogP contribution in [0.3, 0.4) is 0 Å². The van der Waals surface area contributed by atoms with Crippen LogP contribution in [0.2, 0.25) is 5.02 Å². The fourth-order valence-corrected chi connectivity index (χ4v) is 3.34. The molecule has 0 bridgehead atoms. The first kappa shape index (κ1) is 21.4. The van der Waals surface area contributed by atoms with Gasteiger partial charge in [-0.25, -0.2) is 0 Å². The van der Waals surface area contributed by atoms with E-state index in [1.165, 1.54) is 14.2 Å². The lowest BCUT2D eigenvalue weighted by Gasteiger charge is -2.15. The summed E-state index contributed by atoms with van der Waals surface area (Å²) in [6.45, 7) is 0. The van der Waals surface area contributed by atoms with Gasteiger partial charge in [0, 0.05) is 23.1 Å². The second-order valence-corrected chi connectivity index (χ2v) is 6.91. The van der Waals surface area contributed by atoms with Crippen molar-refractivity contribution < 1.29 is 23.8 Å². The van der Waals surface area contributed by atoms with Gasteiger partial charge in [0.15, 0.2) is 23.1 Å². The number of carbonyl (C=O) groups excluding carboxylic acids is 2. The molecule has 30 heavy (non-hydrogen) atoms. The molecule has 154 valence electrons. The van der Waals surface area contributed by atoms with Gasteiger partial charge in [-0.1, -0.05) is 23.7 Å². The van der Waals surface area contributed by atoms with Gasteiger partial charge in [-0.2, -0.15) is 0 Å². The van der Waals surface area contributed by atoms with Crippen LogP contribution in [0.4, 0.5) is 0 Å². The van der Waals surface area contributed by atoms with E-state index in [2.05, 4.69) is 0 Å². The Bertz CT molecular complexity index is 1070. The van der Waals surface area contributed by atoms with Crippen molar-refractivity contribution in [3.63, 3.8) is 0 Å². The molecule has 0 atom stereocenters. The lowest BCUT2D eigenvalue weighted by molar-refractivity contribution is 0.0992. The van der Waals surface area contributed by atoms with Crippen molar-refractivity contribution >= 4 is 23.2 Å².